The van der Waals surface area contributed by atoms with Gasteiger partial charge in [0.25, 0.3) is 0 Å². The van der Waals surface area contributed by atoms with Crippen LogP contribution in [0.4, 0.5) is 11.6 Å². The second-order valence-electron chi connectivity index (χ2n) is 9.02. The molecule has 0 atom stereocenters. The Hall–Kier alpha value is -3.48. The monoisotopic (exact) mass is 510 g/mol. The molecule has 0 radical (unpaired) electrons. The fourth-order valence-electron chi connectivity index (χ4n) is 4.48. The molecule has 1 fully saturated rings. The summed E-state index contributed by atoms with van der Waals surface area (Å²) in [5.41, 5.74) is 9.71. The SMILES string of the molecule is CCOc1c(-c2cn[nH]c2)ccn2nc(Nc3ccc(S(=O)(=O)NC4CCC(N)CC4)cc3C)nc12. The van der Waals surface area contributed by atoms with Crippen molar-refractivity contribution in [2.45, 2.75) is 56.5 Å². The molecule has 4 aromatic rings. The van der Waals surface area contributed by atoms with E-state index in [-0.39, 0.29) is 17.0 Å². The van der Waals surface area contributed by atoms with Crippen molar-refractivity contribution in [3.05, 3.63) is 48.4 Å². The summed E-state index contributed by atoms with van der Waals surface area (Å²) in [6.07, 6.45) is 8.49. The van der Waals surface area contributed by atoms with E-state index in [0.29, 0.717) is 29.6 Å². The van der Waals surface area contributed by atoms with Gasteiger partial charge in [-0.1, -0.05) is 0 Å². The van der Waals surface area contributed by atoms with Gasteiger partial charge in [-0.3, -0.25) is 5.10 Å². The number of nitrogens with zero attached hydrogens (tertiary/aromatic N) is 4. The number of benzene rings is 1. The highest BCUT2D eigenvalue weighted by Crippen LogP contribution is 2.33. The van der Waals surface area contributed by atoms with Gasteiger partial charge in [0.05, 0.1) is 17.7 Å². The molecule has 11 nitrogen and oxygen atoms in total. The van der Waals surface area contributed by atoms with E-state index in [2.05, 4.69) is 30.3 Å². The molecular weight excluding hydrogens is 480 g/mol. The number of rotatable bonds is 8. The van der Waals surface area contributed by atoms with Crippen molar-refractivity contribution < 1.29 is 13.2 Å². The van der Waals surface area contributed by atoms with Crippen LogP contribution in [-0.4, -0.2) is 51.9 Å². The highest BCUT2D eigenvalue weighted by Gasteiger charge is 2.25. The molecule has 0 amide bonds. The second-order valence-corrected chi connectivity index (χ2v) is 10.7. The number of ether oxygens (including phenoxy) is 1. The van der Waals surface area contributed by atoms with Crippen molar-refractivity contribution in [1.29, 1.82) is 0 Å². The Labute approximate surface area is 209 Å². The Morgan fingerprint density at radius 2 is 2.03 bits per heavy atom. The molecule has 190 valence electrons. The van der Waals surface area contributed by atoms with Gasteiger partial charge in [-0.15, -0.1) is 5.10 Å². The van der Waals surface area contributed by atoms with Crippen LogP contribution in [0.3, 0.4) is 0 Å². The number of hydrogen-bond acceptors (Lipinski definition) is 8. The third kappa shape index (κ3) is 4.92. The largest absolute Gasteiger partial charge is 0.489 e. The first kappa shape index (κ1) is 24.2. The zero-order valence-corrected chi connectivity index (χ0v) is 21.0. The van der Waals surface area contributed by atoms with E-state index in [9.17, 15) is 8.42 Å². The number of pyridine rings is 1. The Morgan fingerprint density at radius 1 is 1.22 bits per heavy atom. The lowest BCUT2D eigenvalue weighted by Crippen LogP contribution is -2.40. The predicted octanol–water partition coefficient (Wildman–Crippen LogP) is 3.12. The summed E-state index contributed by atoms with van der Waals surface area (Å²) in [4.78, 5) is 4.87. The molecule has 3 heterocycles. The number of nitrogens with one attached hydrogen (secondary N) is 3. The second kappa shape index (κ2) is 9.88. The summed E-state index contributed by atoms with van der Waals surface area (Å²) >= 11 is 0. The van der Waals surface area contributed by atoms with E-state index in [1.807, 2.05) is 26.1 Å². The van der Waals surface area contributed by atoms with Gasteiger partial charge < -0.3 is 15.8 Å². The van der Waals surface area contributed by atoms with Crippen LogP contribution in [0.5, 0.6) is 5.75 Å². The molecule has 0 bridgehead atoms. The standard InChI is InChI=1S/C24H30N8O3S/c1-3-35-22-20(16-13-26-27-14-16)10-11-32-23(22)29-24(30-32)28-21-9-8-19(12-15(21)2)36(33,34)31-18-6-4-17(25)5-7-18/h8-14,17-18,31H,3-7,25H2,1-2H3,(H,26,27)(H,28,30). The molecule has 0 unspecified atom stereocenters. The molecule has 1 aliphatic carbocycles. The van der Waals surface area contributed by atoms with E-state index >= 15 is 0 Å². The van der Waals surface area contributed by atoms with Crippen LogP contribution in [0.1, 0.15) is 38.2 Å². The van der Waals surface area contributed by atoms with Crippen molar-refractivity contribution in [1.82, 2.24) is 29.5 Å². The minimum absolute atomic E-state index is 0.0819. The van der Waals surface area contributed by atoms with Crippen molar-refractivity contribution in [3.8, 4) is 16.9 Å². The Kier molecular flexibility index (Phi) is 6.65. The van der Waals surface area contributed by atoms with Crippen molar-refractivity contribution in [2.75, 3.05) is 11.9 Å². The molecule has 5 rings (SSSR count). The van der Waals surface area contributed by atoms with Crippen molar-refractivity contribution in [2.24, 2.45) is 5.73 Å². The average molecular weight is 511 g/mol. The van der Waals surface area contributed by atoms with Gasteiger partial charge in [0.1, 0.15) is 0 Å². The summed E-state index contributed by atoms with van der Waals surface area (Å²) in [6.45, 7) is 4.23. The summed E-state index contributed by atoms with van der Waals surface area (Å²) < 4.78 is 36.3. The topological polar surface area (TPSA) is 152 Å². The number of hydrogen-bond donors (Lipinski definition) is 4. The lowest BCUT2D eigenvalue weighted by molar-refractivity contribution is 0.343. The van der Waals surface area contributed by atoms with Crippen molar-refractivity contribution in [3.63, 3.8) is 0 Å². The van der Waals surface area contributed by atoms with Crippen LogP contribution in [0.15, 0.2) is 47.8 Å². The van der Waals surface area contributed by atoms with Gasteiger partial charge in [0.2, 0.25) is 16.0 Å². The minimum Gasteiger partial charge on any atom is -0.489 e. The van der Waals surface area contributed by atoms with Crippen LogP contribution in [0.2, 0.25) is 0 Å². The van der Waals surface area contributed by atoms with Crippen LogP contribution in [0.25, 0.3) is 16.8 Å². The number of nitrogens with two attached hydrogens (primary N) is 1. The summed E-state index contributed by atoms with van der Waals surface area (Å²) in [5, 5.41) is 14.6. The number of aromatic nitrogens is 5. The number of fused-ring (bicyclic) bond motifs is 1. The zero-order valence-electron chi connectivity index (χ0n) is 20.2. The highest BCUT2D eigenvalue weighted by atomic mass is 32.2. The van der Waals surface area contributed by atoms with Gasteiger partial charge in [0, 0.05) is 41.3 Å². The maximum Gasteiger partial charge on any atom is 0.247 e. The average Bonchev–Trinajstić information content (AvgIpc) is 3.52. The number of anilines is 2. The van der Waals surface area contributed by atoms with Gasteiger partial charge >= 0.3 is 0 Å². The smallest absolute Gasteiger partial charge is 0.247 e. The van der Waals surface area contributed by atoms with Crippen LogP contribution in [-0.2, 0) is 10.0 Å². The van der Waals surface area contributed by atoms with E-state index in [1.165, 1.54) is 0 Å². The fraction of sp³-hybridized carbons (Fsp3) is 0.375. The third-order valence-corrected chi connectivity index (χ3v) is 7.93. The lowest BCUT2D eigenvalue weighted by atomic mass is 9.93. The quantitative estimate of drug-likeness (QED) is 0.282. The number of sulfonamides is 1. The van der Waals surface area contributed by atoms with Crippen LogP contribution < -0.4 is 20.5 Å². The molecule has 12 heteroatoms. The first-order valence-electron chi connectivity index (χ1n) is 12.0. The maximum absolute atomic E-state index is 12.9. The molecular formula is C24H30N8O3S. The van der Waals surface area contributed by atoms with Gasteiger partial charge in [-0.2, -0.15) is 10.1 Å². The summed E-state index contributed by atoms with van der Waals surface area (Å²) in [6, 6.07) is 6.95. The van der Waals surface area contributed by atoms with E-state index in [0.717, 1.165) is 42.4 Å². The highest BCUT2D eigenvalue weighted by molar-refractivity contribution is 7.89. The third-order valence-electron chi connectivity index (χ3n) is 6.41. The number of H-pyrrole nitrogens is 1. The molecule has 36 heavy (non-hydrogen) atoms. The van der Waals surface area contributed by atoms with Gasteiger partial charge in [-0.25, -0.2) is 17.7 Å². The van der Waals surface area contributed by atoms with Crippen molar-refractivity contribution >= 4 is 27.3 Å². The van der Waals surface area contributed by atoms with E-state index in [1.54, 1.807) is 35.1 Å². The molecule has 1 aromatic carbocycles. The molecule has 0 saturated heterocycles. The lowest BCUT2D eigenvalue weighted by Gasteiger charge is -2.26. The van der Waals surface area contributed by atoms with E-state index < -0.39 is 10.0 Å². The van der Waals surface area contributed by atoms with E-state index in [4.69, 9.17) is 10.5 Å². The zero-order chi connectivity index (χ0) is 25.3. The first-order valence-corrected chi connectivity index (χ1v) is 13.5. The molecule has 0 spiro atoms. The molecule has 1 aliphatic rings. The molecule has 5 N–H and O–H groups in total. The Balaban J connectivity index is 1.38. The number of aryl methyl sites for hydroxylation is 1. The normalized spacial score (nSPS) is 18.4. The summed E-state index contributed by atoms with van der Waals surface area (Å²) in [5.74, 6) is 0.977. The van der Waals surface area contributed by atoms with Gasteiger partial charge in [-0.05, 0) is 69.4 Å². The predicted molar refractivity (Wildman–Crippen MR) is 137 cm³/mol. The first-order chi connectivity index (χ1) is 17.3. The minimum atomic E-state index is -3.63. The maximum atomic E-state index is 12.9. The Morgan fingerprint density at radius 3 is 2.72 bits per heavy atom. The fourth-order valence-corrected chi connectivity index (χ4v) is 5.87. The Bertz CT molecular complexity index is 1460. The van der Waals surface area contributed by atoms with Crippen LogP contribution in [0, 0.1) is 6.92 Å². The number of aromatic amines is 1. The van der Waals surface area contributed by atoms with Crippen LogP contribution >= 0.6 is 0 Å². The molecule has 3 aromatic heterocycles. The molecule has 1 saturated carbocycles. The molecule has 0 aliphatic heterocycles. The van der Waals surface area contributed by atoms with Gasteiger partial charge in [0.15, 0.2) is 11.4 Å². The summed E-state index contributed by atoms with van der Waals surface area (Å²) in [7, 11) is -3.63.